The zero-order chi connectivity index (χ0) is 25.6. The van der Waals surface area contributed by atoms with Gasteiger partial charge in [-0.1, -0.05) is 16.8 Å². The monoisotopic (exact) mass is 507 g/mol. The molecular weight excluding hydrogens is 478 g/mol. The summed E-state index contributed by atoms with van der Waals surface area (Å²) in [4.78, 5) is 26.2. The molecule has 14 nitrogen and oxygen atoms in total. The fraction of sp³-hybridized carbons (Fsp3) is 0.471. The first-order valence-electron chi connectivity index (χ1n) is 10.0. The maximum absolute atomic E-state index is 11.0. The molecule has 2 aromatic heterocycles. The molecule has 0 bridgehead atoms. The van der Waals surface area contributed by atoms with Crippen LogP contribution in [0.2, 0.25) is 0 Å². The summed E-state index contributed by atoms with van der Waals surface area (Å²) in [6.07, 6.45) is -0.830. The summed E-state index contributed by atoms with van der Waals surface area (Å²) < 4.78 is 28.0. The Morgan fingerprint density at radius 2 is 2.12 bits per heavy atom. The fourth-order valence-electron chi connectivity index (χ4n) is 3.28. The van der Waals surface area contributed by atoms with Crippen LogP contribution in [0.1, 0.15) is 25.6 Å². The number of aliphatic hydroxyl groups excluding tert-OH is 2. The molecular formula is C17H28N6O8P2. The summed E-state index contributed by atoms with van der Waals surface area (Å²) in [5.74, 6) is 0.130. The van der Waals surface area contributed by atoms with Gasteiger partial charge in [0.1, 0.15) is 36.1 Å². The Morgan fingerprint density at radius 3 is 2.73 bits per heavy atom. The molecule has 0 radical (unpaired) electrons. The number of aliphatic hydroxyl groups is 2. The van der Waals surface area contributed by atoms with E-state index in [0.29, 0.717) is 17.7 Å². The number of rotatable bonds is 8. The van der Waals surface area contributed by atoms with E-state index in [4.69, 9.17) is 21.5 Å². The lowest BCUT2D eigenvalue weighted by molar-refractivity contribution is -0.0501. The number of phosphoric ester groups is 1. The Hall–Kier alpha value is -2.15. The van der Waals surface area contributed by atoms with Crippen molar-refractivity contribution in [2.75, 3.05) is 18.5 Å². The van der Waals surface area contributed by atoms with Crippen molar-refractivity contribution in [1.82, 2.24) is 14.5 Å². The highest BCUT2D eigenvalue weighted by Gasteiger charge is 2.45. The minimum absolute atomic E-state index is 0.239. The Balaban J connectivity index is 0.00000199. The predicted octanol–water partition coefficient (Wildman–Crippen LogP) is -0.310. The summed E-state index contributed by atoms with van der Waals surface area (Å²) in [7, 11) is -3.14. The number of hydrogen-bond donors (Lipinski definition) is 7. The van der Waals surface area contributed by atoms with E-state index in [9.17, 15) is 20.0 Å². The minimum atomic E-state index is -4.81. The van der Waals surface area contributed by atoms with E-state index in [1.807, 2.05) is 19.9 Å². The highest BCUT2D eigenvalue weighted by molar-refractivity contribution is 7.46. The molecule has 16 heteroatoms. The van der Waals surface area contributed by atoms with Crippen LogP contribution in [0.3, 0.4) is 0 Å². The molecule has 184 valence electrons. The van der Waals surface area contributed by atoms with E-state index in [1.165, 1.54) is 17.1 Å². The van der Waals surface area contributed by atoms with Gasteiger partial charge in [0.2, 0.25) is 0 Å². The molecule has 1 saturated heterocycles. The third-order valence-electron chi connectivity index (χ3n) is 4.79. The van der Waals surface area contributed by atoms with Crippen molar-refractivity contribution in [3.05, 3.63) is 29.7 Å². The van der Waals surface area contributed by atoms with E-state index >= 15 is 0 Å². The standard InChI is InChI=1S/C17H25N6O8P.H3P/c1-8(2)3-4-19-15-11-9(14(18)22-26)5-23(16(11)21-7-20-15)17-13(25)12(24)10(31-17)6-30-32(27,28)29;/h3,5,7,10,12-13,17,24-26H,4,6H2,1-2H3,(H2,18,22)(H,19,20,21)(H2,27,28,29);1H3/t10?,12?,13-,17-;/m1./s1/i;1D. The number of oxime groups is 1. The van der Waals surface area contributed by atoms with Crippen LogP contribution in [0, 0.1) is 0 Å². The summed E-state index contributed by atoms with van der Waals surface area (Å²) in [5.41, 5.74) is 7.40. The molecule has 3 unspecified atom stereocenters. The van der Waals surface area contributed by atoms with Gasteiger partial charge in [-0.15, -0.1) is 0 Å². The molecule has 0 spiro atoms. The molecule has 0 amide bonds. The molecule has 1 fully saturated rings. The van der Waals surface area contributed by atoms with Gasteiger partial charge >= 0.3 is 7.82 Å². The van der Waals surface area contributed by atoms with E-state index in [2.05, 4.69) is 25.0 Å². The van der Waals surface area contributed by atoms with E-state index < -0.39 is 39.0 Å². The molecule has 3 heterocycles. The third-order valence-corrected chi connectivity index (χ3v) is 5.28. The number of hydrogen-bond acceptors (Lipinski definition) is 10. The van der Waals surface area contributed by atoms with Gasteiger partial charge in [-0.25, -0.2) is 14.5 Å². The van der Waals surface area contributed by atoms with Gasteiger partial charge in [0, 0.05) is 12.7 Å². The topological polar surface area (TPSA) is 218 Å². The highest BCUT2D eigenvalue weighted by Crippen LogP contribution is 2.39. The summed E-state index contributed by atoms with van der Waals surface area (Å²) in [6, 6.07) is 0. The zero-order valence-corrected chi connectivity index (χ0v) is 19.9. The normalized spacial score (nSPS) is 23.6. The number of nitrogens with two attached hydrogens (primary N) is 1. The number of ether oxygens (including phenoxy) is 1. The third kappa shape index (κ3) is 6.05. The first kappa shape index (κ1) is 25.5. The average Bonchev–Trinajstić information content (AvgIpc) is 3.31. The number of aromatic nitrogens is 3. The van der Waals surface area contributed by atoms with Crippen LogP contribution in [0.25, 0.3) is 11.0 Å². The van der Waals surface area contributed by atoms with E-state index in [1.54, 1.807) is 9.84 Å². The summed E-state index contributed by atoms with van der Waals surface area (Å²) in [6.45, 7) is 3.66. The maximum Gasteiger partial charge on any atom is 0.469 e. The first-order chi connectivity index (χ1) is 16.0. The van der Waals surface area contributed by atoms with Crippen molar-refractivity contribution in [2.24, 2.45) is 10.9 Å². The highest BCUT2D eigenvalue weighted by atomic mass is 31.2. The number of allylic oxidation sites excluding steroid dienone is 1. The Bertz CT molecular complexity index is 1090. The van der Waals surface area contributed by atoms with Gasteiger partial charge < -0.3 is 45.6 Å². The van der Waals surface area contributed by atoms with Gasteiger partial charge in [-0.3, -0.25) is 4.52 Å². The Morgan fingerprint density at radius 1 is 1.42 bits per heavy atom. The molecule has 2 aromatic rings. The second-order valence-electron chi connectivity index (χ2n) is 7.35. The van der Waals surface area contributed by atoms with Crippen LogP contribution >= 0.6 is 17.7 Å². The summed E-state index contributed by atoms with van der Waals surface area (Å²) >= 11 is 0. The van der Waals surface area contributed by atoms with Gasteiger partial charge in [-0.05, 0) is 13.8 Å². The number of amidine groups is 1. The molecule has 1 aliphatic heterocycles. The number of phosphoric acid groups is 1. The van der Waals surface area contributed by atoms with Crippen molar-refractivity contribution in [1.29, 1.82) is 1.28 Å². The van der Waals surface area contributed by atoms with E-state index in [-0.39, 0.29) is 17.0 Å². The molecule has 33 heavy (non-hydrogen) atoms. The smallest absolute Gasteiger partial charge is 0.409 e. The van der Waals surface area contributed by atoms with Gasteiger partial charge in [0.25, 0.3) is 0 Å². The van der Waals surface area contributed by atoms with Crippen molar-refractivity contribution in [3.8, 4) is 0 Å². The number of nitrogens with zero attached hydrogens (tertiary/aromatic N) is 4. The van der Waals surface area contributed by atoms with Crippen molar-refractivity contribution >= 4 is 40.4 Å². The van der Waals surface area contributed by atoms with Crippen molar-refractivity contribution in [2.45, 2.75) is 38.4 Å². The van der Waals surface area contributed by atoms with Gasteiger partial charge in [-0.2, -0.15) is 9.84 Å². The fourth-order valence-corrected chi connectivity index (χ4v) is 3.62. The van der Waals surface area contributed by atoms with Crippen molar-refractivity contribution < 1.29 is 39.0 Å². The summed E-state index contributed by atoms with van der Waals surface area (Å²) in [5, 5.41) is 36.5. The lowest BCUT2D eigenvalue weighted by Crippen LogP contribution is -2.33. The minimum Gasteiger partial charge on any atom is -0.409 e. The van der Waals surface area contributed by atoms with Gasteiger partial charge in [0.05, 0.1) is 18.8 Å². The molecule has 5 atom stereocenters. The molecule has 8 N–H and O–H groups in total. The second kappa shape index (κ2) is 10.9. The SMILES string of the molecule is CC(C)=CCNc1ncnc2c1c(C(N)=NO)cn2[C@@H]1OC(COP(=O)(O)O)C(O)[C@H]1O.[2H]P. The van der Waals surface area contributed by atoms with Crippen LogP contribution in [0.4, 0.5) is 5.82 Å². The Labute approximate surface area is 193 Å². The first-order valence-corrected chi connectivity index (χ1v) is 11.0. The quantitative estimate of drug-likeness (QED) is 0.0611. The molecule has 1 aliphatic rings. The number of fused-ring (bicyclic) bond motifs is 1. The second-order valence-corrected chi connectivity index (χ2v) is 8.59. The van der Waals surface area contributed by atoms with Crippen LogP contribution in [-0.2, 0) is 13.8 Å². The van der Waals surface area contributed by atoms with Crippen LogP contribution in [-0.4, -0.2) is 78.3 Å². The molecule has 3 rings (SSSR count). The van der Waals surface area contributed by atoms with Crippen LogP contribution < -0.4 is 11.1 Å². The van der Waals surface area contributed by atoms with Gasteiger partial charge in [0.15, 0.2) is 12.1 Å². The lowest BCUT2D eigenvalue weighted by Gasteiger charge is -2.17. The largest absolute Gasteiger partial charge is 0.469 e. The zero-order valence-electron chi connectivity index (χ0n) is 18.8. The predicted molar refractivity (Wildman–Crippen MR) is 123 cm³/mol. The van der Waals surface area contributed by atoms with Crippen molar-refractivity contribution in [3.63, 3.8) is 0 Å². The number of nitrogens with one attached hydrogen (secondary N) is 1. The molecule has 0 aromatic carbocycles. The van der Waals surface area contributed by atoms with E-state index in [0.717, 1.165) is 5.57 Å². The lowest BCUT2D eigenvalue weighted by atomic mass is 10.1. The Kier molecular flexibility index (Phi) is 8.38. The van der Waals surface area contributed by atoms with Crippen LogP contribution in [0.5, 0.6) is 0 Å². The molecule has 0 aliphatic carbocycles. The van der Waals surface area contributed by atoms with Crippen LogP contribution in [0.15, 0.2) is 29.3 Å². The number of anilines is 1. The maximum atomic E-state index is 11.0. The molecule has 0 saturated carbocycles. The average molecular weight is 507 g/mol.